The molecular formula is C15H33N3. The summed E-state index contributed by atoms with van der Waals surface area (Å²) in [7, 11) is 0. The largest absolute Gasteiger partial charge is 0.315 e. The molecule has 1 rings (SSSR count). The van der Waals surface area contributed by atoms with Gasteiger partial charge in [0, 0.05) is 31.7 Å². The zero-order valence-corrected chi connectivity index (χ0v) is 12.9. The third kappa shape index (κ3) is 4.52. The molecule has 0 saturated carbocycles. The van der Waals surface area contributed by atoms with Crippen molar-refractivity contribution >= 4 is 0 Å². The number of nitrogens with one attached hydrogen (secondary N) is 1. The highest BCUT2D eigenvalue weighted by Gasteiger charge is 2.29. The van der Waals surface area contributed by atoms with Crippen LogP contribution in [0.5, 0.6) is 0 Å². The van der Waals surface area contributed by atoms with E-state index in [2.05, 4.69) is 42.8 Å². The van der Waals surface area contributed by atoms with Crippen molar-refractivity contribution in [2.24, 2.45) is 0 Å². The average Bonchev–Trinajstić information content (AvgIpc) is 2.86. The molecule has 1 heterocycles. The van der Waals surface area contributed by atoms with Crippen LogP contribution in [0.15, 0.2) is 0 Å². The van der Waals surface area contributed by atoms with Crippen LogP contribution < -0.4 is 5.32 Å². The summed E-state index contributed by atoms with van der Waals surface area (Å²) in [5.41, 5.74) is 0. The Labute approximate surface area is 114 Å². The first-order valence-corrected chi connectivity index (χ1v) is 7.95. The number of likely N-dealkylation sites (tertiary alicyclic amines) is 1. The summed E-state index contributed by atoms with van der Waals surface area (Å²) in [6.07, 6.45) is 3.85. The smallest absolute Gasteiger partial charge is 0.0235 e. The number of hydrogen-bond acceptors (Lipinski definition) is 3. The summed E-state index contributed by atoms with van der Waals surface area (Å²) in [6.45, 7) is 16.4. The van der Waals surface area contributed by atoms with Gasteiger partial charge in [0.05, 0.1) is 0 Å². The molecule has 0 aliphatic carbocycles. The van der Waals surface area contributed by atoms with E-state index in [0.717, 1.165) is 25.2 Å². The monoisotopic (exact) mass is 255 g/mol. The molecule has 0 bridgehead atoms. The van der Waals surface area contributed by atoms with Crippen LogP contribution in [0.4, 0.5) is 0 Å². The minimum atomic E-state index is 0.733. The second-order valence-corrected chi connectivity index (χ2v) is 5.42. The highest BCUT2D eigenvalue weighted by Crippen LogP contribution is 2.18. The van der Waals surface area contributed by atoms with Crippen LogP contribution in [0.1, 0.15) is 47.0 Å². The van der Waals surface area contributed by atoms with E-state index in [0.29, 0.717) is 0 Å². The summed E-state index contributed by atoms with van der Waals surface area (Å²) in [5, 5.41) is 3.58. The van der Waals surface area contributed by atoms with Crippen molar-refractivity contribution in [3.8, 4) is 0 Å². The summed E-state index contributed by atoms with van der Waals surface area (Å²) in [6, 6.07) is 1.53. The van der Waals surface area contributed by atoms with E-state index in [1.54, 1.807) is 0 Å². The van der Waals surface area contributed by atoms with Crippen LogP contribution in [0.25, 0.3) is 0 Å². The number of nitrogens with zero attached hydrogens (tertiary/aromatic N) is 2. The summed E-state index contributed by atoms with van der Waals surface area (Å²) in [4.78, 5) is 5.32. The van der Waals surface area contributed by atoms with E-state index in [1.807, 2.05) is 0 Å². The van der Waals surface area contributed by atoms with Crippen molar-refractivity contribution in [1.29, 1.82) is 0 Å². The molecule has 18 heavy (non-hydrogen) atoms. The van der Waals surface area contributed by atoms with Crippen LogP contribution in [0.3, 0.4) is 0 Å². The van der Waals surface area contributed by atoms with Gasteiger partial charge in [-0.15, -0.1) is 0 Å². The third-order valence-electron chi connectivity index (χ3n) is 4.32. The quantitative estimate of drug-likeness (QED) is 0.637. The predicted molar refractivity (Wildman–Crippen MR) is 80.1 cm³/mol. The van der Waals surface area contributed by atoms with Crippen LogP contribution >= 0.6 is 0 Å². The maximum absolute atomic E-state index is 3.58. The van der Waals surface area contributed by atoms with Crippen LogP contribution in [0.2, 0.25) is 0 Å². The molecule has 0 spiro atoms. The van der Waals surface area contributed by atoms with E-state index in [4.69, 9.17) is 0 Å². The van der Waals surface area contributed by atoms with Gasteiger partial charge >= 0.3 is 0 Å². The van der Waals surface area contributed by atoms with Crippen LogP contribution in [-0.4, -0.2) is 61.2 Å². The van der Waals surface area contributed by atoms with Gasteiger partial charge in [-0.1, -0.05) is 27.7 Å². The number of rotatable bonds is 9. The topological polar surface area (TPSA) is 18.5 Å². The lowest BCUT2D eigenvalue weighted by molar-refractivity contribution is 0.182. The van der Waals surface area contributed by atoms with Gasteiger partial charge in [-0.05, 0) is 38.9 Å². The standard InChI is InChI=1S/C15H33N3/c1-5-10-16-12-14(6-2)18-11-9-15(13-18)17(7-3)8-4/h14-16H,5-13H2,1-4H3. The molecular weight excluding hydrogens is 222 g/mol. The zero-order valence-electron chi connectivity index (χ0n) is 12.9. The van der Waals surface area contributed by atoms with Crippen molar-refractivity contribution in [2.45, 2.75) is 59.0 Å². The first kappa shape index (κ1) is 15.9. The van der Waals surface area contributed by atoms with Crippen molar-refractivity contribution in [3.63, 3.8) is 0 Å². The summed E-state index contributed by atoms with van der Waals surface area (Å²) in [5.74, 6) is 0. The number of likely N-dealkylation sites (N-methyl/N-ethyl adjacent to an activating group) is 1. The molecule has 1 aliphatic rings. The lowest BCUT2D eigenvalue weighted by atomic mass is 10.2. The third-order valence-corrected chi connectivity index (χ3v) is 4.32. The van der Waals surface area contributed by atoms with E-state index in [1.165, 1.54) is 45.4 Å². The maximum Gasteiger partial charge on any atom is 0.0235 e. The second-order valence-electron chi connectivity index (χ2n) is 5.42. The SMILES string of the molecule is CCCNCC(CC)N1CCC(N(CC)CC)C1. The van der Waals surface area contributed by atoms with E-state index < -0.39 is 0 Å². The minimum Gasteiger partial charge on any atom is -0.315 e. The summed E-state index contributed by atoms with van der Waals surface area (Å²) >= 11 is 0. The molecule has 3 nitrogen and oxygen atoms in total. The molecule has 1 saturated heterocycles. The van der Waals surface area contributed by atoms with E-state index in [-0.39, 0.29) is 0 Å². The molecule has 0 aromatic rings. The molecule has 1 aliphatic heterocycles. The van der Waals surface area contributed by atoms with Crippen molar-refractivity contribution in [1.82, 2.24) is 15.1 Å². The Kier molecular flexibility index (Phi) is 7.87. The minimum absolute atomic E-state index is 0.733. The second kappa shape index (κ2) is 8.89. The highest BCUT2D eigenvalue weighted by molar-refractivity contribution is 4.87. The van der Waals surface area contributed by atoms with E-state index >= 15 is 0 Å². The molecule has 1 fully saturated rings. The normalized spacial score (nSPS) is 22.8. The van der Waals surface area contributed by atoms with Gasteiger partial charge in [0.1, 0.15) is 0 Å². The molecule has 3 heteroatoms. The molecule has 108 valence electrons. The molecule has 2 atom stereocenters. The summed E-state index contributed by atoms with van der Waals surface area (Å²) < 4.78 is 0. The van der Waals surface area contributed by atoms with Crippen molar-refractivity contribution < 1.29 is 0 Å². The molecule has 0 aromatic heterocycles. The Morgan fingerprint density at radius 3 is 2.50 bits per heavy atom. The Bertz CT molecular complexity index is 204. The molecule has 0 amide bonds. The van der Waals surface area contributed by atoms with Gasteiger partial charge in [0.25, 0.3) is 0 Å². The first-order chi connectivity index (χ1) is 8.76. The average molecular weight is 255 g/mol. The van der Waals surface area contributed by atoms with Crippen molar-refractivity contribution in [3.05, 3.63) is 0 Å². The molecule has 1 N–H and O–H groups in total. The predicted octanol–water partition coefficient (Wildman–Crippen LogP) is 2.18. The fraction of sp³-hybridized carbons (Fsp3) is 1.00. The Hall–Kier alpha value is -0.120. The fourth-order valence-corrected chi connectivity index (χ4v) is 3.11. The Balaban J connectivity index is 2.37. The van der Waals surface area contributed by atoms with Crippen LogP contribution in [0, 0.1) is 0 Å². The number of hydrogen-bond donors (Lipinski definition) is 1. The highest BCUT2D eigenvalue weighted by atomic mass is 15.3. The van der Waals surface area contributed by atoms with E-state index in [9.17, 15) is 0 Å². The first-order valence-electron chi connectivity index (χ1n) is 7.95. The Morgan fingerprint density at radius 1 is 1.22 bits per heavy atom. The lowest BCUT2D eigenvalue weighted by Crippen LogP contribution is -2.43. The lowest BCUT2D eigenvalue weighted by Gasteiger charge is -2.30. The molecule has 2 unspecified atom stereocenters. The van der Waals surface area contributed by atoms with Crippen molar-refractivity contribution in [2.75, 3.05) is 39.3 Å². The maximum atomic E-state index is 3.58. The van der Waals surface area contributed by atoms with Gasteiger partial charge < -0.3 is 5.32 Å². The Morgan fingerprint density at radius 2 is 1.94 bits per heavy atom. The zero-order chi connectivity index (χ0) is 13.4. The van der Waals surface area contributed by atoms with Crippen LogP contribution in [-0.2, 0) is 0 Å². The van der Waals surface area contributed by atoms with Gasteiger partial charge in [-0.2, -0.15) is 0 Å². The van der Waals surface area contributed by atoms with Gasteiger partial charge in [0.2, 0.25) is 0 Å². The van der Waals surface area contributed by atoms with Gasteiger partial charge in [-0.3, -0.25) is 9.80 Å². The molecule has 0 aromatic carbocycles. The fourth-order valence-electron chi connectivity index (χ4n) is 3.11. The molecule has 0 radical (unpaired) electrons. The van der Waals surface area contributed by atoms with Gasteiger partial charge in [-0.25, -0.2) is 0 Å². The van der Waals surface area contributed by atoms with Gasteiger partial charge in [0.15, 0.2) is 0 Å².